The van der Waals surface area contributed by atoms with Crippen molar-refractivity contribution in [1.82, 2.24) is 43.6 Å². The van der Waals surface area contributed by atoms with Crippen molar-refractivity contribution in [2.45, 2.75) is 170 Å². The SMILES string of the molecule is CC(C)C(O)c1nc(-c2cnc(N)c(OC(F)(F)F)c2)cn1C12CC(F)(C1)C2.CC(C)[C@@H](O)c1nc(-c2cnc(N)c(OC(F)(F)F)c2)cn1C12CC(F)(C1)C2.CC(C)[C@H](O)c1nc(-c2cnc(N)c(OC(F)(F)F)c2)cn1C12CC(F)(C1)C2. The Bertz CT molecular complexity index is 3070. The predicted octanol–water partition coefficient (Wildman–Crippen LogP) is 11.1. The van der Waals surface area contributed by atoms with E-state index in [0.29, 0.717) is 92.3 Å². The Hall–Kier alpha value is -7.08. The summed E-state index contributed by atoms with van der Waals surface area (Å²) in [6.07, 6.45) is -5.58. The number of nitrogens with zero attached hydrogens (tertiary/aromatic N) is 9. The van der Waals surface area contributed by atoms with Gasteiger partial charge in [0.05, 0.1) is 33.7 Å². The minimum absolute atomic E-state index is 0.144. The first-order valence-electron chi connectivity index (χ1n) is 26.7. The third-order valence-electron chi connectivity index (χ3n) is 16.4. The predicted molar refractivity (Wildman–Crippen MR) is 276 cm³/mol. The highest BCUT2D eigenvalue weighted by Crippen LogP contribution is 2.70. The highest BCUT2D eigenvalue weighted by molar-refractivity contribution is 5.66. The smallest absolute Gasteiger partial charge is 0.402 e. The van der Waals surface area contributed by atoms with E-state index in [0.717, 1.165) is 18.2 Å². The molecule has 18 nitrogen and oxygen atoms in total. The van der Waals surface area contributed by atoms with Gasteiger partial charge in [0, 0.05) is 112 Å². The van der Waals surface area contributed by atoms with E-state index in [1.165, 1.54) is 18.6 Å². The number of hydrogen-bond donors (Lipinski definition) is 6. The average Bonchev–Trinajstić information content (AvgIpc) is 1.06. The topological polar surface area (TPSA) is 259 Å². The molecule has 1 unspecified atom stereocenters. The van der Waals surface area contributed by atoms with Crippen molar-refractivity contribution in [3.05, 3.63) is 72.9 Å². The van der Waals surface area contributed by atoms with Crippen LogP contribution in [-0.2, 0) is 16.6 Å². The molecule has 456 valence electrons. The summed E-state index contributed by atoms with van der Waals surface area (Å²) in [4.78, 5) is 24.6. The third-order valence-corrected chi connectivity index (χ3v) is 16.4. The Kier molecular flexibility index (Phi) is 14.3. The normalized spacial score (nSPS) is 27.3. The summed E-state index contributed by atoms with van der Waals surface area (Å²) in [5, 5.41) is 31.7. The van der Waals surface area contributed by atoms with Crippen LogP contribution in [0.15, 0.2) is 55.4 Å². The average molecular weight is 1200 g/mol. The highest BCUT2D eigenvalue weighted by Gasteiger charge is 2.72. The molecule has 9 fully saturated rings. The molecule has 0 aromatic carbocycles. The van der Waals surface area contributed by atoms with Crippen molar-refractivity contribution >= 4 is 17.5 Å². The summed E-state index contributed by atoms with van der Waals surface area (Å²) in [6.45, 7) is 10.9. The number of aromatic nitrogens is 9. The van der Waals surface area contributed by atoms with Crippen molar-refractivity contribution in [3.63, 3.8) is 0 Å². The Morgan fingerprint density at radius 2 is 0.643 bits per heavy atom. The number of imidazole rings is 3. The van der Waals surface area contributed by atoms with E-state index in [1.807, 2.05) is 41.5 Å². The van der Waals surface area contributed by atoms with Gasteiger partial charge in [0.15, 0.2) is 34.7 Å². The summed E-state index contributed by atoms with van der Waals surface area (Å²) < 4.78 is 172. The number of aliphatic hydroxyl groups is 3. The molecule has 0 aliphatic heterocycles. The van der Waals surface area contributed by atoms with Crippen molar-refractivity contribution in [3.8, 4) is 51.0 Å². The third kappa shape index (κ3) is 11.2. The number of ether oxygens (including phenoxy) is 3. The van der Waals surface area contributed by atoms with E-state index in [-0.39, 0.29) is 34.4 Å². The first-order valence-corrected chi connectivity index (χ1v) is 26.7. The second-order valence-corrected chi connectivity index (χ2v) is 24.3. The number of anilines is 3. The number of rotatable bonds is 15. The summed E-state index contributed by atoms with van der Waals surface area (Å²) in [7, 11) is 0. The van der Waals surface area contributed by atoms with Gasteiger partial charge in [-0.25, -0.2) is 43.1 Å². The van der Waals surface area contributed by atoms with Crippen molar-refractivity contribution < 1.29 is 82.2 Å². The lowest BCUT2D eigenvalue weighted by atomic mass is 9.47. The van der Waals surface area contributed by atoms with Gasteiger partial charge in [-0.1, -0.05) is 41.5 Å². The zero-order valence-corrected chi connectivity index (χ0v) is 45.9. The molecule has 6 bridgehead atoms. The summed E-state index contributed by atoms with van der Waals surface area (Å²) in [5.74, 6) is -2.43. The van der Waals surface area contributed by atoms with Crippen LogP contribution in [0.3, 0.4) is 0 Å². The molecule has 0 radical (unpaired) electrons. The number of pyridine rings is 3. The molecule has 9 saturated carbocycles. The number of hydrogen-bond acceptors (Lipinski definition) is 15. The van der Waals surface area contributed by atoms with E-state index in [2.05, 4.69) is 44.1 Å². The monoisotopic (exact) mass is 1200 g/mol. The fourth-order valence-electron chi connectivity index (χ4n) is 12.3. The van der Waals surface area contributed by atoms with Gasteiger partial charge in [-0.15, -0.1) is 39.5 Å². The summed E-state index contributed by atoms with van der Waals surface area (Å²) in [5.41, 5.74) is 13.4. The van der Waals surface area contributed by atoms with E-state index in [4.69, 9.17) is 17.2 Å². The molecule has 3 atom stereocenters. The van der Waals surface area contributed by atoms with Crippen LogP contribution in [0, 0.1) is 17.8 Å². The number of nitrogen functional groups attached to an aromatic ring is 3. The molecular formula is C54H60F12N12O6. The maximum Gasteiger partial charge on any atom is 0.573 e. The molecule has 9 N–H and O–H groups in total. The Morgan fingerprint density at radius 3 is 0.821 bits per heavy atom. The van der Waals surface area contributed by atoms with Crippen molar-refractivity contribution in [1.29, 1.82) is 0 Å². The van der Waals surface area contributed by atoms with Gasteiger partial charge in [0.2, 0.25) is 0 Å². The Labute approximate surface area is 471 Å². The van der Waals surface area contributed by atoms with Gasteiger partial charge in [0.25, 0.3) is 0 Å². The van der Waals surface area contributed by atoms with Gasteiger partial charge in [-0.2, -0.15) is 0 Å². The number of nitrogens with two attached hydrogens (primary N) is 3. The standard InChI is InChI=1S/3C18H20F4N4O2/c3*1-9(2)13(27)15-25-11(5-26(15)17-6-16(19,7-17)8-17)10-3-12(14(23)24-4-10)28-18(20,21)22/h3*3-5,9,13,27H,6-8H2,1-2H3,(H2,23,24)/t2*13-,16?,17?;/m10./s1. The first-order chi connectivity index (χ1) is 38.7. The van der Waals surface area contributed by atoms with E-state index in [9.17, 15) is 68.0 Å². The molecule has 9 aliphatic carbocycles. The first kappa shape index (κ1) is 60.1. The molecule has 6 aromatic heterocycles. The van der Waals surface area contributed by atoms with Crippen LogP contribution in [0.4, 0.5) is 70.1 Å². The molecule has 9 aliphatic rings. The fraction of sp³-hybridized carbons (Fsp3) is 0.556. The molecule has 0 amide bonds. The molecule has 15 rings (SSSR count). The van der Waals surface area contributed by atoms with Crippen LogP contribution in [0.1, 0.15) is 135 Å². The van der Waals surface area contributed by atoms with Gasteiger partial charge in [-0.05, 0) is 36.0 Å². The van der Waals surface area contributed by atoms with Gasteiger partial charge in [0.1, 0.15) is 52.8 Å². The van der Waals surface area contributed by atoms with Crippen molar-refractivity contribution in [2.75, 3.05) is 17.2 Å². The maximum absolute atomic E-state index is 14.0. The minimum atomic E-state index is -4.91. The second kappa shape index (κ2) is 20.0. The largest absolute Gasteiger partial charge is 0.573 e. The van der Waals surface area contributed by atoms with E-state index >= 15 is 0 Å². The van der Waals surface area contributed by atoms with Gasteiger partial charge in [-0.3, -0.25) is 0 Å². The summed E-state index contributed by atoms with van der Waals surface area (Å²) >= 11 is 0. The maximum atomic E-state index is 14.0. The Balaban J connectivity index is 0.000000140. The lowest BCUT2D eigenvalue weighted by molar-refractivity contribution is -0.275. The number of alkyl halides is 12. The van der Waals surface area contributed by atoms with E-state index in [1.54, 1.807) is 32.3 Å². The molecule has 30 heteroatoms. The quantitative estimate of drug-likeness (QED) is 0.0523. The van der Waals surface area contributed by atoms with E-state index < -0.39 is 106 Å². The van der Waals surface area contributed by atoms with Crippen LogP contribution in [0.5, 0.6) is 17.2 Å². The van der Waals surface area contributed by atoms with Crippen LogP contribution >= 0.6 is 0 Å². The lowest BCUT2D eigenvalue weighted by Gasteiger charge is -2.66. The highest BCUT2D eigenvalue weighted by atomic mass is 19.4. The van der Waals surface area contributed by atoms with Gasteiger partial charge < -0.3 is 60.4 Å². The Morgan fingerprint density at radius 1 is 0.429 bits per heavy atom. The van der Waals surface area contributed by atoms with Crippen LogP contribution in [0.25, 0.3) is 33.8 Å². The van der Waals surface area contributed by atoms with Crippen LogP contribution in [-0.4, -0.2) is 95.0 Å². The lowest BCUT2D eigenvalue weighted by Crippen LogP contribution is -2.70. The molecule has 0 saturated heterocycles. The van der Waals surface area contributed by atoms with Crippen LogP contribution in [0.2, 0.25) is 0 Å². The van der Waals surface area contributed by atoms with Crippen LogP contribution < -0.4 is 31.4 Å². The number of halogens is 12. The zero-order valence-electron chi connectivity index (χ0n) is 45.9. The fourth-order valence-corrected chi connectivity index (χ4v) is 12.3. The van der Waals surface area contributed by atoms with Gasteiger partial charge >= 0.3 is 19.1 Å². The second-order valence-electron chi connectivity index (χ2n) is 24.3. The summed E-state index contributed by atoms with van der Waals surface area (Å²) in [6, 6.07) is 3.31. The zero-order chi connectivity index (χ0) is 61.4. The molecule has 84 heavy (non-hydrogen) atoms. The molecular weight excluding hydrogens is 1140 g/mol. The van der Waals surface area contributed by atoms with Crippen molar-refractivity contribution in [2.24, 2.45) is 17.8 Å². The molecule has 6 heterocycles. The molecule has 6 aromatic rings. The number of aliphatic hydroxyl groups excluding tert-OH is 3. The minimum Gasteiger partial charge on any atom is -0.402 e. The molecule has 0 spiro atoms.